The molecule has 0 bridgehead atoms. The molecule has 0 unspecified atom stereocenters. The quantitative estimate of drug-likeness (QED) is 0.446. The molecule has 2 aliphatic heterocycles. The molecule has 26 heavy (non-hydrogen) atoms. The van der Waals surface area contributed by atoms with Crippen molar-refractivity contribution in [1.82, 2.24) is 9.34 Å². The number of nitro benzene ring substituents is 1. The van der Waals surface area contributed by atoms with Gasteiger partial charge in [0.1, 0.15) is 0 Å². The lowest BCUT2D eigenvalue weighted by atomic mass is 10.2. The van der Waals surface area contributed by atoms with Gasteiger partial charge in [-0.05, 0) is 37.8 Å². The van der Waals surface area contributed by atoms with E-state index in [4.69, 9.17) is 0 Å². The van der Waals surface area contributed by atoms with Gasteiger partial charge in [-0.3, -0.25) is 14.7 Å². The highest BCUT2D eigenvalue weighted by Crippen LogP contribution is 2.54. The van der Waals surface area contributed by atoms with Crippen LogP contribution in [0.15, 0.2) is 24.3 Å². The molecular formula is C18H29N4O3P. The minimum atomic E-state index is -2.94. The number of nitro groups is 1. The number of hydrogen-bond acceptors (Lipinski definition) is 3. The normalized spacial score (nSPS) is 20.9. The number of benzene rings is 1. The fourth-order valence-electron chi connectivity index (χ4n) is 3.80. The lowest BCUT2D eigenvalue weighted by molar-refractivity contribution is -0.384. The Morgan fingerprint density at radius 3 is 1.62 bits per heavy atom. The Labute approximate surface area is 155 Å². The molecule has 1 aromatic carbocycles. The molecule has 2 heterocycles. The molecule has 2 saturated heterocycles. The van der Waals surface area contributed by atoms with Gasteiger partial charge in [0.15, 0.2) is 0 Å². The van der Waals surface area contributed by atoms with Crippen molar-refractivity contribution in [2.75, 3.05) is 31.3 Å². The van der Waals surface area contributed by atoms with Gasteiger partial charge in [-0.2, -0.15) is 0 Å². The number of non-ortho nitro benzene ring substituents is 1. The van der Waals surface area contributed by atoms with Crippen LogP contribution in [0.4, 0.5) is 11.4 Å². The third-order valence-electron chi connectivity index (χ3n) is 5.28. The first kappa shape index (κ1) is 19.3. The lowest BCUT2D eigenvalue weighted by Crippen LogP contribution is -2.36. The lowest BCUT2D eigenvalue weighted by Gasteiger charge is -2.39. The Hall–Kier alpha value is -1.43. The second kappa shape index (κ2) is 8.98. The molecular weight excluding hydrogens is 351 g/mol. The van der Waals surface area contributed by atoms with Gasteiger partial charge in [0.05, 0.1) is 4.92 Å². The highest BCUT2D eigenvalue weighted by Gasteiger charge is 2.37. The first-order valence-corrected chi connectivity index (χ1v) is 11.3. The number of nitrogens with one attached hydrogen (secondary N) is 1. The molecule has 144 valence electrons. The second-order valence-electron chi connectivity index (χ2n) is 7.20. The Balaban J connectivity index is 1.85. The zero-order chi connectivity index (χ0) is 18.4. The first-order chi connectivity index (χ1) is 12.6. The maximum Gasteiger partial charge on any atom is 0.308 e. The third-order valence-corrected chi connectivity index (χ3v) is 8.17. The molecule has 0 atom stereocenters. The summed E-state index contributed by atoms with van der Waals surface area (Å²) < 4.78 is 18.5. The van der Waals surface area contributed by atoms with E-state index < -0.39 is 12.5 Å². The highest BCUT2D eigenvalue weighted by atomic mass is 31.2. The van der Waals surface area contributed by atoms with Crippen LogP contribution < -0.4 is 5.09 Å². The van der Waals surface area contributed by atoms with Crippen LogP contribution in [0.25, 0.3) is 0 Å². The van der Waals surface area contributed by atoms with Gasteiger partial charge in [0, 0.05) is 44.0 Å². The highest BCUT2D eigenvalue weighted by molar-refractivity contribution is 7.60. The molecule has 2 aliphatic rings. The van der Waals surface area contributed by atoms with Crippen LogP contribution in [0.3, 0.4) is 0 Å². The minimum Gasteiger partial charge on any atom is -0.313 e. The zero-order valence-corrected chi connectivity index (χ0v) is 16.2. The van der Waals surface area contributed by atoms with Crippen molar-refractivity contribution in [3.8, 4) is 0 Å². The van der Waals surface area contributed by atoms with Crippen molar-refractivity contribution in [3.63, 3.8) is 0 Å². The van der Waals surface area contributed by atoms with Gasteiger partial charge < -0.3 is 5.09 Å². The van der Waals surface area contributed by atoms with Crippen molar-refractivity contribution >= 4 is 19.0 Å². The maximum absolute atomic E-state index is 14.2. The van der Waals surface area contributed by atoms with Gasteiger partial charge in [0.25, 0.3) is 5.69 Å². The topological polar surface area (TPSA) is 78.7 Å². The Kier molecular flexibility index (Phi) is 6.68. The van der Waals surface area contributed by atoms with E-state index in [2.05, 4.69) is 14.4 Å². The van der Waals surface area contributed by atoms with Crippen molar-refractivity contribution in [2.24, 2.45) is 0 Å². The largest absolute Gasteiger partial charge is 0.313 e. The smallest absolute Gasteiger partial charge is 0.308 e. The molecule has 3 rings (SSSR count). The van der Waals surface area contributed by atoms with E-state index in [1.165, 1.54) is 37.8 Å². The predicted molar refractivity (Wildman–Crippen MR) is 104 cm³/mol. The standard InChI is InChI=1S/C18H29N4O3P/c23-22(24)18-11-9-17(10-12-18)19-26(25,20-13-5-1-2-6-14-20)21-15-7-3-4-8-16-21/h9-12H,1-8,13-16H2,(H,19,25). The van der Waals surface area contributed by atoms with Gasteiger partial charge >= 0.3 is 7.59 Å². The number of nitrogens with zero attached hydrogens (tertiary/aromatic N) is 3. The summed E-state index contributed by atoms with van der Waals surface area (Å²) in [4.78, 5) is 10.5. The van der Waals surface area contributed by atoms with Crippen molar-refractivity contribution in [3.05, 3.63) is 34.4 Å². The van der Waals surface area contributed by atoms with E-state index in [0.29, 0.717) is 5.69 Å². The molecule has 7 nitrogen and oxygen atoms in total. The molecule has 8 heteroatoms. The van der Waals surface area contributed by atoms with Gasteiger partial charge in [0.2, 0.25) is 0 Å². The molecule has 0 radical (unpaired) electrons. The summed E-state index contributed by atoms with van der Waals surface area (Å²) in [5, 5.41) is 14.2. The van der Waals surface area contributed by atoms with Crippen LogP contribution >= 0.6 is 7.59 Å². The Morgan fingerprint density at radius 1 is 0.808 bits per heavy atom. The third kappa shape index (κ3) is 4.64. The van der Waals surface area contributed by atoms with Gasteiger partial charge in [-0.25, -0.2) is 9.34 Å². The van der Waals surface area contributed by atoms with Gasteiger partial charge in [-0.1, -0.05) is 25.7 Å². The molecule has 0 spiro atoms. The summed E-state index contributed by atoms with van der Waals surface area (Å²) in [5.74, 6) is 0. The summed E-state index contributed by atoms with van der Waals surface area (Å²) in [7, 11) is -2.94. The van der Waals surface area contributed by atoms with Crippen LogP contribution in [0, 0.1) is 10.1 Å². The molecule has 0 aliphatic carbocycles. The van der Waals surface area contributed by atoms with Crippen molar-refractivity contribution < 1.29 is 9.49 Å². The summed E-state index contributed by atoms with van der Waals surface area (Å²) in [6.45, 7) is 3.36. The SMILES string of the molecule is O=[N+]([O-])c1ccc(NP(=O)(N2CCCCCC2)N2CCCCCC2)cc1. The van der Waals surface area contributed by atoms with Crippen LogP contribution in [0.1, 0.15) is 51.4 Å². The van der Waals surface area contributed by atoms with Crippen LogP contribution in [0.5, 0.6) is 0 Å². The second-order valence-corrected chi connectivity index (χ2v) is 9.64. The number of rotatable bonds is 5. The summed E-state index contributed by atoms with van der Waals surface area (Å²) in [6, 6.07) is 6.27. The number of anilines is 1. The van der Waals surface area contributed by atoms with E-state index in [1.54, 1.807) is 12.1 Å². The minimum absolute atomic E-state index is 0.0509. The van der Waals surface area contributed by atoms with E-state index in [0.717, 1.165) is 51.9 Å². The summed E-state index contributed by atoms with van der Waals surface area (Å²) in [5.41, 5.74) is 0.738. The summed E-state index contributed by atoms with van der Waals surface area (Å²) in [6.07, 6.45) is 9.03. The van der Waals surface area contributed by atoms with Crippen molar-refractivity contribution in [1.29, 1.82) is 0 Å². The summed E-state index contributed by atoms with van der Waals surface area (Å²) >= 11 is 0. The molecule has 0 saturated carbocycles. The zero-order valence-electron chi connectivity index (χ0n) is 15.3. The fraction of sp³-hybridized carbons (Fsp3) is 0.667. The van der Waals surface area contributed by atoms with E-state index in [1.807, 2.05) is 0 Å². The Morgan fingerprint density at radius 2 is 1.23 bits per heavy atom. The van der Waals surface area contributed by atoms with E-state index in [-0.39, 0.29) is 5.69 Å². The number of hydrogen-bond donors (Lipinski definition) is 1. The van der Waals surface area contributed by atoms with E-state index in [9.17, 15) is 14.7 Å². The van der Waals surface area contributed by atoms with E-state index >= 15 is 0 Å². The molecule has 0 aromatic heterocycles. The molecule has 1 aromatic rings. The molecule has 1 N–H and O–H groups in total. The molecule has 2 fully saturated rings. The van der Waals surface area contributed by atoms with Crippen molar-refractivity contribution in [2.45, 2.75) is 51.4 Å². The van der Waals surface area contributed by atoms with Gasteiger partial charge in [-0.15, -0.1) is 0 Å². The fourth-order valence-corrected chi connectivity index (χ4v) is 6.57. The average Bonchev–Trinajstić information content (AvgIpc) is 3.08. The van der Waals surface area contributed by atoms with Crippen LogP contribution in [-0.4, -0.2) is 40.4 Å². The average molecular weight is 380 g/mol. The maximum atomic E-state index is 14.2. The first-order valence-electron chi connectivity index (χ1n) is 9.73. The van der Waals surface area contributed by atoms with Crippen LogP contribution in [-0.2, 0) is 4.57 Å². The predicted octanol–water partition coefficient (Wildman–Crippen LogP) is 4.87. The monoisotopic (exact) mass is 380 g/mol. The molecule has 0 amide bonds. The van der Waals surface area contributed by atoms with Crippen LogP contribution in [0.2, 0.25) is 0 Å². The Bertz CT molecular complexity index is 612.